The molecule has 3 rings (SSSR count). The molecular weight excluding hydrogens is 407 g/mol. The number of rotatable bonds is 6. The van der Waals surface area contributed by atoms with Crippen LogP contribution in [0.3, 0.4) is 0 Å². The first-order chi connectivity index (χ1) is 14.3. The van der Waals surface area contributed by atoms with Gasteiger partial charge in [0.05, 0.1) is 17.6 Å². The molecule has 0 saturated carbocycles. The average molecular weight is 435 g/mol. The number of ether oxygens (including phenoxy) is 1. The number of hydrogen-bond acceptors (Lipinski definition) is 4. The average Bonchev–Trinajstić information content (AvgIpc) is 3.02. The first kappa shape index (κ1) is 22.2. The normalized spacial score (nSPS) is 16.0. The molecule has 2 aromatic carbocycles. The van der Waals surface area contributed by atoms with Gasteiger partial charge in [0.25, 0.3) is 5.91 Å². The molecule has 162 valence electrons. The van der Waals surface area contributed by atoms with Crippen LogP contribution in [0.25, 0.3) is 0 Å². The van der Waals surface area contributed by atoms with Crippen molar-refractivity contribution < 1.29 is 22.3 Å². The number of benzene rings is 2. The van der Waals surface area contributed by atoms with E-state index in [1.165, 1.54) is 49.6 Å². The first-order valence-electron chi connectivity index (χ1n) is 10.1. The quantitative estimate of drug-likeness (QED) is 0.748. The summed E-state index contributed by atoms with van der Waals surface area (Å²) < 4.78 is 46.9. The number of amides is 1. The maximum absolute atomic E-state index is 13.1. The summed E-state index contributed by atoms with van der Waals surface area (Å²) in [6, 6.07) is 9.35. The molecule has 0 spiro atoms. The van der Waals surface area contributed by atoms with Crippen LogP contribution in [0.4, 0.5) is 4.39 Å². The fraction of sp³-hybridized carbons (Fsp3) is 0.409. The van der Waals surface area contributed by atoms with Gasteiger partial charge in [-0.1, -0.05) is 25.0 Å². The molecule has 1 saturated heterocycles. The van der Waals surface area contributed by atoms with Crippen LogP contribution in [-0.4, -0.2) is 39.4 Å². The SMILES string of the molecule is COc1ccc(S(=O)(=O)N[C@H](C)c2ccc(F)cc2)cc1C(=O)N1CCCCCC1. The summed E-state index contributed by atoms with van der Waals surface area (Å²) in [7, 11) is -2.45. The summed E-state index contributed by atoms with van der Waals surface area (Å²) in [4.78, 5) is 14.8. The monoisotopic (exact) mass is 434 g/mol. The lowest BCUT2D eigenvalue weighted by Crippen LogP contribution is -2.32. The number of nitrogens with zero attached hydrogens (tertiary/aromatic N) is 1. The van der Waals surface area contributed by atoms with Crippen LogP contribution in [0.2, 0.25) is 0 Å². The predicted octanol–water partition coefficient (Wildman–Crippen LogP) is 3.89. The first-order valence-corrected chi connectivity index (χ1v) is 11.6. The highest BCUT2D eigenvalue weighted by Gasteiger charge is 2.25. The summed E-state index contributed by atoms with van der Waals surface area (Å²) in [5, 5.41) is 0. The minimum Gasteiger partial charge on any atom is -0.496 e. The van der Waals surface area contributed by atoms with Crippen molar-refractivity contribution in [3.05, 3.63) is 59.4 Å². The molecule has 0 unspecified atom stereocenters. The van der Waals surface area contributed by atoms with Crippen LogP contribution in [0.1, 0.15) is 54.6 Å². The summed E-state index contributed by atoms with van der Waals surface area (Å²) in [5.41, 5.74) is 0.867. The molecule has 30 heavy (non-hydrogen) atoms. The van der Waals surface area contributed by atoms with Gasteiger partial charge >= 0.3 is 0 Å². The summed E-state index contributed by atoms with van der Waals surface area (Å²) >= 11 is 0. The van der Waals surface area contributed by atoms with Crippen LogP contribution in [0, 0.1) is 5.82 Å². The van der Waals surface area contributed by atoms with Gasteiger partial charge in [0.1, 0.15) is 11.6 Å². The Morgan fingerprint density at radius 2 is 1.70 bits per heavy atom. The number of likely N-dealkylation sites (tertiary alicyclic amines) is 1. The van der Waals surface area contributed by atoms with Crippen molar-refractivity contribution in [1.82, 2.24) is 9.62 Å². The minimum atomic E-state index is -3.91. The van der Waals surface area contributed by atoms with Crippen LogP contribution in [0.15, 0.2) is 47.4 Å². The predicted molar refractivity (Wildman–Crippen MR) is 113 cm³/mol. The Balaban J connectivity index is 1.86. The Morgan fingerprint density at radius 3 is 2.30 bits per heavy atom. The smallest absolute Gasteiger partial charge is 0.257 e. The summed E-state index contributed by atoms with van der Waals surface area (Å²) in [5.74, 6) is -0.271. The molecule has 2 aromatic rings. The molecule has 6 nitrogen and oxygen atoms in total. The third-order valence-electron chi connectivity index (χ3n) is 5.31. The zero-order valence-corrected chi connectivity index (χ0v) is 18.0. The van der Waals surface area contributed by atoms with E-state index < -0.39 is 16.1 Å². The second kappa shape index (κ2) is 9.57. The molecule has 1 aliphatic heterocycles. The molecule has 1 aliphatic rings. The number of carbonyl (C=O) groups is 1. The number of nitrogens with one attached hydrogen (secondary N) is 1. The molecule has 0 aromatic heterocycles. The molecule has 1 atom stereocenters. The largest absolute Gasteiger partial charge is 0.496 e. The van der Waals surface area contributed by atoms with Gasteiger partial charge in [0, 0.05) is 19.1 Å². The molecule has 1 fully saturated rings. The number of carbonyl (C=O) groups excluding carboxylic acids is 1. The van der Waals surface area contributed by atoms with Crippen molar-refractivity contribution in [2.75, 3.05) is 20.2 Å². The third-order valence-corrected chi connectivity index (χ3v) is 6.85. The lowest BCUT2D eigenvalue weighted by molar-refractivity contribution is 0.0758. The van der Waals surface area contributed by atoms with Gasteiger partial charge in [-0.2, -0.15) is 0 Å². The summed E-state index contributed by atoms with van der Waals surface area (Å²) in [6.07, 6.45) is 4.03. The zero-order valence-electron chi connectivity index (χ0n) is 17.2. The molecule has 1 N–H and O–H groups in total. The maximum Gasteiger partial charge on any atom is 0.257 e. The van der Waals surface area contributed by atoms with E-state index >= 15 is 0 Å². The van der Waals surface area contributed by atoms with Crippen LogP contribution < -0.4 is 9.46 Å². The van der Waals surface area contributed by atoms with E-state index in [0.29, 0.717) is 24.4 Å². The third kappa shape index (κ3) is 5.17. The van der Waals surface area contributed by atoms with E-state index in [2.05, 4.69) is 4.72 Å². The van der Waals surface area contributed by atoms with Crippen molar-refractivity contribution in [2.24, 2.45) is 0 Å². The fourth-order valence-corrected chi connectivity index (χ4v) is 4.84. The van der Waals surface area contributed by atoms with Crippen molar-refractivity contribution in [2.45, 2.75) is 43.5 Å². The van der Waals surface area contributed by atoms with Crippen molar-refractivity contribution in [3.8, 4) is 5.75 Å². The van der Waals surface area contributed by atoms with E-state index in [9.17, 15) is 17.6 Å². The van der Waals surface area contributed by atoms with Gasteiger partial charge in [0.2, 0.25) is 10.0 Å². The Hall–Kier alpha value is -2.45. The molecule has 1 heterocycles. The second-order valence-electron chi connectivity index (χ2n) is 7.46. The second-order valence-corrected chi connectivity index (χ2v) is 9.18. The lowest BCUT2D eigenvalue weighted by atomic mass is 10.1. The van der Waals surface area contributed by atoms with Crippen molar-refractivity contribution >= 4 is 15.9 Å². The highest BCUT2D eigenvalue weighted by Crippen LogP contribution is 2.26. The van der Waals surface area contributed by atoms with Gasteiger partial charge in [-0.25, -0.2) is 17.5 Å². The fourth-order valence-electron chi connectivity index (χ4n) is 3.59. The molecule has 8 heteroatoms. The molecule has 0 radical (unpaired) electrons. The summed E-state index contributed by atoms with van der Waals surface area (Å²) in [6.45, 7) is 2.98. The zero-order chi connectivity index (χ0) is 21.7. The van der Waals surface area contributed by atoms with Crippen molar-refractivity contribution in [3.63, 3.8) is 0 Å². The number of sulfonamides is 1. The van der Waals surface area contributed by atoms with Gasteiger partial charge in [-0.05, 0) is 55.7 Å². The highest BCUT2D eigenvalue weighted by atomic mass is 32.2. The van der Waals surface area contributed by atoms with Gasteiger partial charge in [-0.15, -0.1) is 0 Å². The van der Waals surface area contributed by atoms with E-state index in [0.717, 1.165) is 25.7 Å². The van der Waals surface area contributed by atoms with E-state index in [1.54, 1.807) is 11.8 Å². The van der Waals surface area contributed by atoms with Crippen molar-refractivity contribution in [1.29, 1.82) is 0 Å². The van der Waals surface area contributed by atoms with Gasteiger partial charge in [0.15, 0.2) is 0 Å². The molecule has 0 aliphatic carbocycles. The van der Waals surface area contributed by atoms with Gasteiger partial charge < -0.3 is 9.64 Å². The van der Waals surface area contributed by atoms with E-state index in [-0.39, 0.29) is 22.2 Å². The standard InChI is InChI=1S/C22H27FN2O4S/c1-16(17-7-9-18(23)10-8-17)24-30(27,28)19-11-12-21(29-2)20(15-19)22(26)25-13-5-3-4-6-14-25/h7-12,15-16,24H,3-6,13-14H2,1-2H3/t16-/m1/s1. The lowest BCUT2D eigenvalue weighted by Gasteiger charge is -2.22. The Kier molecular flexibility index (Phi) is 7.10. The maximum atomic E-state index is 13.1. The van der Waals surface area contributed by atoms with E-state index in [4.69, 9.17) is 4.74 Å². The molecule has 1 amide bonds. The Morgan fingerprint density at radius 1 is 1.07 bits per heavy atom. The van der Waals surface area contributed by atoms with Crippen LogP contribution in [0.5, 0.6) is 5.75 Å². The minimum absolute atomic E-state index is 0.0181. The number of methoxy groups -OCH3 is 1. The van der Waals surface area contributed by atoms with Gasteiger partial charge in [-0.3, -0.25) is 4.79 Å². The van der Waals surface area contributed by atoms with E-state index in [1.807, 2.05) is 0 Å². The molecular formula is C22H27FN2O4S. The van der Waals surface area contributed by atoms with Crippen LogP contribution in [-0.2, 0) is 10.0 Å². The number of halogens is 1. The highest BCUT2D eigenvalue weighted by molar-refractivity contribution is 7.89. The topological polar surface area (TPSA) is 75.7 Å². The Bertz CT molecular complexity index is 985. The molecule has 0 bridgehead atoms. The number of hydrogen-bond donors (Lipinski definition) is 1. The van der Waals surface area contributed by atoms with Crippen LogP contribution >= 0.6 is 0 Å². The Labute approximate surface area is 177 Å².